The largest absolute Gasteiger partial charge is 0.465 e. The number of carboxylic acid groups (broad SMARTS) is 1. The molecule has 0 aromatic heterocycles. The molecular formula is C3H10N4O2. The summed E-state index contributed by atoms with van der Waals surface area (Å²) in [5.74, 6) is 4.81. The smallest absolute Gasteiger partial charge is 0.404 e. The van der Waals surface area contributed by atoms with E-state index in [1.165, 1.54) is 0 Å². The van der Waals surface area contributed by atoms with Gasteiger partial charge in [-0.1, -0.05) is 0 Å². The number of hydrogen-bond donors (Lipinski definition) is 5. The van der Waals surface area contributed by atoms with Crippen molar-refractivity contribution in [2.45, 2.75) is 0 Å². The quantitative estimate of drug-likeness (QED) is 0.178. The summed E-state index contributed by atoms with van der Waals surface area (Å²) < 4.78 is 0. The Morgan fingerprint density at radius 2 is 2.22 bits per heavy atom. The van der Waals surface area contributed by atoms with Crippen molar-refractivity contribution in [1.82, 2.24) is 16.3 Å². The highest BCUT2D eigenvalue weighted by Crippen LogP contribution is 1.57. The summed E-state index contributed by atoms with van der Waals surface area (Å²) >= 11 is 0. The Morgan fingerprint density at radius 1 is 1.56 bits per heavy atom. The van der Waals surface area contributed by atoms with Gasteiger partial charge in [0, 0.05) is 13.1 Å². The summed E-state index contributed by atoms with van der Waals surface area (Å²) in [6.07, 6.45) is -1.03. The molecular weight excluding hydrogens is 124 g/mol. The monoisotopic (exact) mass is 134 g/mol. The van der Waals surface area contributed by atoms with E-state index in [1.807, 2.05) is 0 Å². The molecule has 0 heterocycles. The van der Waals surface area contributed by atoms with Crippen LogP contribution in [-0.2, 0) is 0 Å². The Hall–Kier alpha value is -0.850. The topological polar surface area (TPSA) is 99.4 Å². The molecule has 0 aliphatic carbocycles. The predicted octanol–water partition coefficient (Wildman–Crippen LogP) is -1.78. The Labute approximate surface area is 52.4 Å². The normalized spacial score (nSPS) is 9.00. The molecule has 0 aliphatic rings. The van der Waals surface area contributed by atoms with Gasteiger partial charge >= 0.3 is 6.09 Å². The fraction of sp³-hybridized carbons (Fsp3) is 0.667. The summed E-state index contributed by atoms with van der Waals surface area (Å²) in [5, 5.41) is 10.2. The molecule has 0 bridgehead atoms. The molecule has 0 saturated heterocycles. The van der Waals surface area contributed by atoms with Gasteiger partial charge in [-0.15, -0.1) is 0 Å². The maximum absolute atomic E-state index is 9.77. The summed E-state index contributed by atoms with van der Waals surface area (Å²) in [5.41, 5.74) is 4.66. The van der Waals surface area contributed by atoms with Gasteiger partial charge in [0.05, 0.1) is 0 Å². The van der Waals surface area contributed by atoms with Crippen LogP contribution in [0.2, 0.25) is 0 Å². The molecule has 0 radical (unpaired) electrons. The molecule has 0 rings (SSSR count). The van der Waals surface area contributed by atoms with Crippen molar-refractivity contribution < 1.29 is 9.90 Å². The van der Waals surface area contributed by atoms with Crippen LogP contribution >= 0.6 is 0 Å². The van der Waals surface area contributed by atoms with Gasteiger partial charge in [0.25, 0.3) is 0 Å². The molecule has 0 saturated carbocycles. The standard InChI is InChI=1S/C3H10N4O2/c4-7-6-2-1-5-3(8)9/h5-7H,1-2,4H2,(H,8,9). The second-order valence-electron chi connectivity index (χ2n) is 1.30. The molecule has 0 unspecified atom stereocenters. The molecule has 9 heavy (non-hydrogen) atoms. The first kappa shape index (κ1) is 8.15. The van der Waals surface area contributed by atoms with Gasteiger partial charge in [-0.2, -0.15) is 5.53 Å². The van der Waals surface area contributed by atoms with Crippen molar-refractivity contribution in [2.75, 3.05) is 13.1 Å². The molecule has 6 nitrogen and oxygen atoms in total. The van der Waals surface area contributed by atoms with Crippen molar-refractivity contribution in [1.29, 1.82) is 0 Å². The molecule has 1 amide bonds. The fourth-order valence-corrected chi connectivity index (χ4v) is 0.304. The molecule has 0 aromatic rings. The maximum Gasteiger partial charge on any atom is 0.404 e. The number of amides is 1. The summed E-state index contributed by atoms with van der Waals surface area (Å²) in [4.78, 5) is 9.77. The zero-order valence-corrected chi connectivity index (χ0v) is 4.85. The highest BCUT2D eigenvalue weighted by atomic mass is 16.4. The second kappa shape index (κ2) is 5.29. The van der Waals surface area contributed by atoms with Crippen LogP contribution in [0.5, 0.6) is 0 Å². The van der Waals surface area contributed by atoms with Crippen LogP contribution in [0.1, 0.15) is 0 Å². The van der Waals surface area contributed by atoms with Crippen LogP contribution in [0.15, 0.2) is 0 Å². The van der Waals surface area contributed by atoms with E-state index in [9.17, 15) is 4.79 Å². The number of nitrogens with two attached hydrogens (primary N) is 1. The van der Waals surface area contributed by atoms with Gasteiger partial charge in [0.1, 0.15) is 0 Å². The lowest BCUT2D eigenvalue weighted by atomic mass is 10.6. The Kier molecular flexibility index (Phi) is 4.79. The van der Waals surface area contributed by atoms with Gasteiger partial charge < -0.3 is 10.4 Å². The van der Waals surface area contributed by atoms with Crippen molar-refractivity contribution >= 4 is 6.09 Å². The van der Waals surface area contributed by atoms with Gasteiger partial charge in [0.2, 0.25) is 0 Å². The lowest BCUT2D eigenvalue weighted by molar-refractivity contribution is 0.194. The second-order valence-corrected chi connectivity index (χ2v) is 1.30. The third kappa shape index (κ3) is 7.15. The zero-order valence-electron chi connectivity index (χ0n) is 4.85. The van der Waals surface area contributed by atoms with E-state index in [-0.39, 0.29) is 0 Å². The van der Waals surface area contributed by atoms with Crippen LogP contribution in [0, 0.1) is 0 Å². The number of hydrogen-bond acceptors (Lipinski definition) is 4. The minimum Gasteiger partial charge on any atom is -0.465 e. The molecule has 6 N–H and O–H groups in total. The number of carbonyl (C=O) groups is 1. The van der Waals surface area contributed by atoms with Gasteiger partial charge in [-0.3, -0.25) is 5.84 Å². The highest BCUT2D eigenvalue weighted by molar-refractivity contribution is 5.64. The molecule has 0 spiro atoms. The van der Waals surface area contributed by atoms with E-state index in [0.717, 1.165) is 0 Å². The summed E-state index contributed by atoms with van der Waals surface area (Å²) in [6, 6.07) is 0. The molecule has 0 aromatic carbocycles. The van der Waals surface area contributed by atoms with E-state index in [4.69, 9.17) is 10.9 Å². The van der Waals surface area contributed by atoms with Crippen molar-refractivity contribution in [3.63, 3.8) is 0 Å². The lowest BCUT2D eigenvalue weighted by Crippen LogP contribution is -2.42. The van der Waals surface area contributed by atoms with E-state index in [1.54, 1.807) is 0 Å². The Morgan fingerprint density at radius 3 is 2.67 bits per heavy atom. The first-order valence-electron chi connectivity index (χ1n) is 2.42. The van der Waals surface area contributed by atoms with Crippen LogP contribution in [0.3, 0.4) is 0 Å². The molecule has 0 atom stereocenters. The highest BCUT2D eigenvalue weighted by Gasteiger charge is 1.89. The van der Waals surface area contributed by atoms with Crippen molar-refractivity contribution in [3.8, 4) is 0 Å². The third-order valence-electron chi connectivity index (χ3n) is 0.628. The van der Waals surface area contributed by atoms with Crippen LogP contribution in [0.25, 0.3) is 0 Å². The van der Waals surface area contributed by atoms with E-state index in [0.29, 0.717) is 13.1 Å². The number of rotatable bonds is 4. The van der Waals surface area contributed by atoms with E-state index < -0.39 is 6.09 Å². The molecule has 0 fully saturated rings. The zero-order chi connectivity index (χ0) is 7.11. The van der Waals surface area contributed by atoms with Crippen LogP contribution < -0.4 is 22.1 Å². The van der Waals surface area contributed by atoms with E-state index >= 15 is 0 Å². The first-order valence-corrected chi connectivity index (χ1v) is 2.42. The van der Waals surface area contributed by atoms with Gasteiger partial charge in [-0.05, 0) is 0 Å². The minimum atomic E-state index is -1.03. The van der Waals surface area contributed by atoms with Crippen LogP contribution in [0.4, 0.5) is 4.79 Å². The number of nitrogens with one attached hydrogen (secondary N) is 3. The molecule has 54 valence electrons. The van der Waals surface area contributed by atoms with E-state index in [2.05, 4.69) is 16.3 Å². The average Bonchev–Trinajstić information content (AvgIpc) is 1.80. The predicted molar refractivity (Wildman–Crippen MR) is 31.4 cm³/mol. The van der Waals surface area contributed by atoms with Crippen LogP contribution in [-0.4, -0.2) is 24.3 Å². The summed E-state index contributed by atoms with van der Waals surface area (Å²) in [6.45, 7) is 0.794. The Bertz CT molecular complexity index is 85.9. The van der Waals surface area contributed by atoms with Gasteiger partial charge in [-0.25, -0.2) is 10.2 Å². The summed E-state index contributed by atoms with van der Waals surface area (Å²) in [7, 11) is 0. The minimum absolute atomic E-state index is 0.333. The lowest BCUT2D eigenvalue weighted by Gasteiger charge is -2.00. The Balaban J connectivity index is 2.83. The molecule has 0 aliphatic heterocycles. The van der Waals surface area contributed by atoms with Gasteiger partial charge in [0.15, 0.2) is 0 Å². The third-order valence-corrected chi connectivity index (χ3v) is 0.628. The maximum atomic E-state index is 9.77. The number of hydrazine groups is 2. The SMILES string of the molecule is NNNCCNC(=O)O. The van der Waals surface area contributed by atoms with Crippen molar-refractivity contribution in [3.05, 3.63) is 0 Å². The average molecular weight is 134 g/mol. The first-order chi connectivity index (χ1) is 4.27. The fourth-order valence-electron chi connectivity index (χ4n) is 0.304. The molecule has 6 heteroatoms. The van der Waals surface area contributed by atoms with Crippen molar-refractivity contribution in [2.24, 2.45) is 5.84 Å².